The maximum absolute atomic E-state index is 13.6. The summed E-state index contributed by atoms with van der Waals surface area (Å²) >= 11 is 0. The molecule has 1 aromatic rings. The first kappa shape index (κ1) is 14.9. The van der Waals surface area contributed by atoms with Crippen molar-refractivity contribution in [1.82, 2.24) is 4.90 Å². The zero-order chi connectivity index (χ0) is 14.5. The van der Waals surface area contributed by atoms with Crippen molar-refractivity contribution in [2.45, 2.75) is 38.3 Å². The Balaban J connectivity index is 2.09. The first-order valence-electron chi connectivity index (χ1n) is 6.89. The highest BCUT2D eigenvalue weighted by molar-refractivity contribution is 5.35. The second-order valence-electron chi connectivity index (χ2n) is 5.18. The monoisotopic (exact) mass is 282 g/mol. The van der Waals surface area contributed by atoms with Gasteiger partial charge in [-0.25, -0.2) is 0 Å². The molecule has 110 valence electrons. The molecule has 0 amide bonds. The van der Waals surface area contributed by atoms with E-state index in [1.54, 1.807) is 6.07 Å². The van der Waals surface area contributed by atoms with E-state index < -0.39 is 16.4 Å². The predicted molar refractivity (Wildman–Crippen MR) is 72.8 cm³/mol. The number of halogens is 1. The van der Waals surface area contributed by atoms with Gasteiger partial charge in [-0.1, -0.05) is 18.9 Å². The second-order valence-corrected chi connectivity index (χ2v) is 5.18. The Bertz CT molecular complexity index is 475. The van der Waals surface area contributed by atoms with E-state index in [1.165, 1.54) is 25.0 Å². The van der Waals surface area contributed by atoms with Gasteiger partial charge >= 0.3 is 5.69 Å². The second kappa shape index (κ2) is 6.76. The van der Waals surface area contributed by atoms with E-state index in [2.05, 4.69) is 4.90 Å². The van der Waals surface area contributed by atoms with Gasteiger partial charge in [0.2, 0.25) is 5.82 Å². The van der Waals surface area contributed by atoms with Crippen LogP contribution in [0.5, 0.6) is 0 Å². The van der Waals surface area contributed by atoms with Crippen molar-refractivity contribution in [2.75, 3.05) is 13.2 Å². The molecule has 1 saturated carbocycles. The molecule has 1 aromatic carbocycles. The molecular formula is C14H19FN2O3. The molecule has 5 nitrogen and oxygen atoms in total. The predicted octanol–water partition coefficient (Wildman–Crippen LogP) is 2.47. The van der Waals surface area contributed by atoms with Gasteiger partial charge in [-0.05, 0) is 24.5 Å². The van der Waals surface area contributed by atoms with Crippen LogP contribution < -0.4 is 0 Å². The number of hydrogen-bond donors (Lipinski definition) is 1. The Morgan fingerprint density at radius 2 is 2.10 bits per heavy atom. The number of aliphatic hydroxyl groups is 1. The van der Waals surface area contributed by atoms with Crippen LogP contribution in [0.1, 0.15) is 31.2 Å². The van der Waals surface area contributed by atoms with E-state index in [9.17, 15) is 14.5 Å². The fraction of sp³-hybridized carbons (Fsp3) is 0.571. The van der Waals surface area contributed by atoms with Crippen LogP contribution in [0.15, 0.2) is 18.2 Å². The minimum atomic E-state index is -0.803. The average Bonchev–Trinajstić information content (AvgIpc) is 2.91. The third-order valence-corrected chi connectivity index (χ3v) is 3.82. The molecule has 1 N–H and O–H groups in total. The van der Waals surface area contributed by atoms with E-state index in [0.717, 1.165) is 12.8 Å². The number of nitrogens with zero attached hydrogens (tertiary/aromatic N) is 2. The summed E-state index contributed by atoms with van der Waals surface area (Å²) in [7, 11) is 0. The normalized spacial score (nSPS) is 15.9. The lowest BCUT2D eigenvalue weighted by Gasteiger charge is -2.28. The summed E-state index contributed by atoms with van der Waals surface area (Å²) in [5.41, 5.74) is 0.205. The smallest absolute Gasteiger partial charge is 0.304 e. The van der Waals surface area contributed by atoms with Gasteiger partial charge in [-0.15, -0.1) is 0 Å². The number of nitro groups is 1. The third-order valence-electron chi connectivity index (χ3n) is 3.82. The van der Waals surface area contributed by atoms with Crippen LogP contribution in [-0.4, -0.2) is 34.1 Å². The highest BCUT2D eigenvalue weighted by Gasteiger charge is 2.23. The van der Waals surface area contributed by atoms with Gasteiger partial charge in [0, 0.05) is 25.2 Å². The van der Waals surface area contributed by atoms with E-state index in [-0.39, 0.29) is 6.61 Å². The standard InChI is InChI=1S/C14H19FN2O3/c15-13-9-11(5-6-14(13)17(19)20)10-16(7-8-18)12-3-1-2-4-12/h5-6,9,12,18H,1-4,7-8,10H2. The van der Waals surface area contributed by atoms with Gasteiger partial charge in [-0.2, -0.15) is 4.39 Å². The van der Waals surface area contributed by atoms with E-state index in [1.807, 2.05) is 0 Å². The minimum absolute atomic E-state index is 0.0615. The van der Waals surface area contributed by atoms with Crippen LogP contribution >= 0.6 is 0 Å². The van der Waals surface area contributed by atoms with E-state index in [0.29, 0.717) is 24.7 Å². The van der Waals surface area contributed by atoms with Crippen molar-refractivity contribution in [3.63, 3.8) is 0 Å². The van der Waals surface area contributed by atoms with E-state index in [4.69, 9.17) is 5.11 Å². The molecule has 0 radical (unpaired) electrons. The number of nitro benzene ring substituents is 1. The van der Waals surface area contributed by atoms with E-state index >= 15 is 0 Å². The summed E-state index contributed by atoms with van der Waals surface area (Å²) in [5.74, 6) is -0.803. The molecule has 0 spiro atoms. The van der Waals surface area contributed by atoms with Crippen molar-refractivity contribution in [2.24, 2.45) is 0 Å². The van der Waals surface area contributed by atoms with Crippen LogP contribution in [0.3, 0.4) is 0 Å². The molecule has 1 aliphatic carbocycles. The molecule has 1 fully saturated rings. The average molecular weight is 282 g/mol. The molecule has 0 saturated heterocycles. The Hall–Kier alpha value is -1.53. The molecule has 0 aliphatic heterocycles. The van der Waals surface area contributed by atoms with Gasteiger partial charge in [0.15, 0.2) is 0 Å². The first-order chi connectivity index (χ1) is 9.61. The number of rotatable bonds is 6. The molecule has 2 rings (SSSR count). The van der Waals surface area contributed by atoms with Crippen LogP contribution in [0, 0.1) is 15.9 Å². The fourth-order valence-corrected chi connectivity index (χ4v) is 2.82. The summed E-state index contributed by atoms with van der Waals surface area (Å²) in [4.78, 5) is 12.0. The lowest BCUT2D eigenvalue weighted by Crippen LogP contribution is -2.35. The maximum Gasteiger partial charge on any atom is 0.304 e. The first-order valence-corrected chi connectivity index (χ1v) is 6.89. The molecular weight excluding hydrogens is 263 g/mol. The van der Waals surface area contributed by atoms with Crippen molar-refractivity contribution in [3.8, 4) is 0 Å². The Kier molecular flexibility index (Phi) is 5.03. The summed E-state index contributed by atoms with van der Waals surface area (Å²) in [6.07, 6.45) is 4.55. The zero-order valence-electron chi connectivity index (χ0n) is 11.3. The summed E-state index contributed by atoms with van der Waals surface area (Å²) < 4.78 is 13.6. The van der Waals surface area contributed by atoms with Crippen LogP contribution in [-0.2, 0) is 6.54 Å². The van der Waals surface area contributed by atoms with Crippen LogP contribution in [0.4, 0.5) is 10.1 Å². The lowest BCUT2D eigenvalue weighted by molar-refractivity contribution is -0.387. The quantitative estimate of drug-likeness (QED) is 0.643. The van der Waals surface area contributed by atoms with Gasteiger partial charge in [0.25, 0.3) is 0 Å². The van der Waals surface area contributed by atoms with Crippen molar-refractivity contribution >= 4 is 5.69 Å². The Morgan fingerprint density at radius 1 is 1.40 bits per heavy atom. The lowest BCUT2D eigenvalue weighted by atomic mass is 10.1. The summed E-state index contributed by atoms with van der Waals surface area (Å²) in [5, 5.41) is 19.7. The maximum atomic E-state index is 13.6. The minimum Gasteiger partial charge on any atom is -0.395 e. The molecule has 0 unspecified atom stereocenters. The Labute approximate surface area is 117 Å². The van der Waals surface area contributed by atoms with Crippen molar-refractivity contribution in [3.05, 3.63) is 39.7 Å². The number of hydrogen-bond acceptors (Lipinski definition) is 4. The van der Waals surface area contributed by atoms with Gasteiger partial charge in [-0.3, -0.25) is 15.0 Å². The summed E-state index contributed by atoms with van der Waals surface area (Å²) in [6.45, 7) is 1.12. The topological polar surface area (TPSA) is 66.6 Å². The van der Waals surface area contributed by atoms with Gasteiger partial charge in [0.05, 0.1) is 11.5 Å². The highest BCUT2D eigenvalue weighted by atomic mass is 19.1. The number of aliphatic hydroxyl groups excluding tert-OH is 1. The molecule has 0 heterocycles. The van der Waals surface area contributed by atoms with Crippen molar-refractivity contribution in [1.29, 1.82) is 0 Å². The molecule has 1 aliphatic rings. The molecule has 0 aromatic heterocycles. The number of benzene rings is 1. The molecule has 20 heavy (non-hydrogen) atoms. The Morgan fingerprint density at radius 3 is 2.65 bits per heavy atom. The fourth-order valence-electron chi connectivity index (χ4n) is 2.82. The summed E-state index contributed by atoms with van der Waals surface area (Å²) in [6, 6.07) is 4.43. The van der Waals surface area contributed by atoms with Crippen molar-refractivity contribution < 1.29 is 14.4 Å². The highest BCUT2D eigenvalue weighted by Crippen LogP contribution is 2.26. The third kappa shape index (κ3) is 3.52. The van der Waals surface area contributed by atoms with Gasteiger partial charge in [0.1, 0.15) is 0 Å². The van der Waals surface area contributed by atoms with Gasteiger partial charge < -0.3 is 5.11 Å². The molecule has 0 bridgehead atoms. The largest absolute Gasteiger partial charge is 0.395 e. The molecule has 6 heteroatoms. The molecule has 0 atom stereocenters. The SMILES string of the molecule is O=[N+]([O-])c1ccc(CN(CCO)C2CCCC2)cc1F. The van der Waals surface area contributed by atoms with Crippen LogP contribution in [0.2, 0.25) is 0 Å². The van der Waals surface area contributed by atoms with Crippen LogP contribution in [0.25, 0.3) is 0 Å². The zero-order valence-corrected chi connectivity index (χ0v) is 11.3.